The third kappa shape index (κ3) is 2.93. The maximum atomic E-state index is 12.7. The van der Waals surface area contributed by atoms with Crippen LogP contribution >= 0.6 is 0 Å². The normalized spacial score (nSPS) is 36.0. The number of rotatable bonds is 2. The van der Waals surface area contributed by atoms with Gasteiger partial charge in [0.2, 0.25) is 5.91 Å². The molecule has 1 saturated carbocycles. The van der Waals surface area contributed by atoms with Crippen LogP contribution in [0.15, 0.2) is 0 Å². The van der Waals surface area contributed by atoms with E-state index in [-0.39, 0.29) is 23.9 Å². The van der Waals surface area contributed by atoms with Crippen molar-refractivity contribution in [1.29, 1.82) is 0 Å². The van der Waals surface area contributed by atoms with E-state index in [1.807, 2.05) is 4.90 Å². The highest BCUT2D eigenvalue weighted by atomic mass is 16.4. The molecule has 4 nitrogen and oxygen atoms in total. The number of hydrogen-bond donors (Lipinski definition) is 0. The molecular weight excluding hydrogens is 242 g/mol. The van der Waals surface area contributed by atoms with Crippen LogP contribution in [0.25, 0.3) is 0 Å². The zero-order valence-corrected chi connectivity index (χ0v) is 11.9. The second-order valence-electron chi connectivity index (χ2n) is 6.19. The summed E-state index contributed by atoms with van der Waals surface area (Å²) < 4.78 is 0. The van der Waals surface area contributed by atoms with Crippen LogP contribution in [0.3, 0.4) is 0 Å². The Labute approximate surface area is 115 Å². The minimum atomic E-state index is -1.05. The minimum absolute atomic E-state index is 0.0496. The Balaban J connectivity index is 2.14. The number of carbonyl (C=O) groups is 2. The Bertz CT molecular complexity index is 345. The van der Waals surface area contributed by atoms with Gasteiger partial charge in [-0.2, -0.15) is 0 Å². The van der Waals surface area contributed by atoms with Crippen LogP contribution in [0.5, 0.6) is 0 Å². The fourth-order valence-electron chi connectivity index (χ4n) is 3.76. The molecule has 0 bridgehead atoms. The molecular formula is C15H24NO3-. The molecule has 0 aromatic heterocycles. The number of nitrogens with zero attached hydrogens (tertiary/aromatic N) is 1. The zero-order valence-electron chi connectivity index (χ0n) is 11.9. The molecule has 2 fully saturated rings. The smallest absolute Gasteiger partial charge is 0.226 e. The van der Waals surface area contributed by atoms with E-state index in [1.54, 1.807) is 0 Å². The zero-order chi connectivity index (χ0) is 14.0. The summed E-state index contributed by atoms with van der Waals surface area (Å²) in [6.07, 6.45) is 6.35. The molecule has 1 heterocycles. The standard InChI is InChI=1S/C15H25NO3/c1-10-6-5-7-11(2)16(10)14(17)12-8-3-4-9-13(12)15(18)19/h10-13H,3-9H2,1-2H3,(H,18,19)/p-1/t10-,11-,12-,13-/m0/s1. The fraction of sp³-hybridized carbons (Fsp3) is 0.867. The molecule has 19 heavy (non-hydrogen) atoms. The van der Waals surface area contributed by atoms with E-state index in [0.29, 0.717) is 12.8 Å². The maximum Gasteiger partial charge on any atom is 0.226 e. The van der Waals surface area contributed by atoms with E-state index < -0.39 is 11.9 Å². The number of carbonyl (C=O) groups excluding carboxylic acids is 2. The molecule has 0 aromatic carbocycles. The Hall–Kier alpha value is -1.06. The third-order valence-electron chi connectivity index (χ3n) is 4.83. The van der Waals surface area contributed by atoms with Crippen molar-refractivity contribution in [1.82, 2.24) is 4.90 Å². The lowest BCUT2D eigenvalue weighted by molar-refractivity contribution is -0.314. The lowest BCUT2D eigenvalue weighted by Gasteiger charge is -2.43. The van der Waals surface area contributed by atoms with Gasteiger partial charge in [0.25, 0.3) is 0 Å². The molecule has 4 atom stereocenters. The van der Waals surface area contributed by atoms with Gasteiger partial charge in [-0.15, -0.1) is 0 Å². The molecule has 2 aliphatic rings. The van der Waals surface area contributed by atoms with E-state index in [4.69, 9.17) is 0 Å². The highest BCUT2D eigenvalue weighted by Crippen LogP contribution is 2.34. The molecule has 108 valence electrons. The summed E-state index contributed by atoms with van der Waals surface area (Å²) >= 11 is 0. The molecule has 2 rings (SSSR count). The van der Waals surface area contributed by atoms with E-state index in [1.165, 1.54) is 0 Å². The average Bonchev–Trinajstić information content (AvgIpc) is 2.38. The first kappa shape index (κ1) is 14.4. The number of likely N-dealkylation sites (tertiary alicyclic amines) is 1. The summed E-state index contributed by atoms with van der Waals surface area (Å²) in [6, 6.07) is 0.473. The van der Waals surface area contributed by atoms with Gasteiger partial charge in [-0.25, -0.2) is 0 Å². The summed E-state index contributed by atoms with van der Waals surface area (Å²) in [7, 11) is 0. The van der Waals surface area contributed by atoms with Crippen LogP contribution in [0.2, 0.25) is 0 Å². The highest BCUT2D eigenvalue weighted by molar-refractivity contribution is 5.84. The van der Waals surface area contributed by atoms with Crippen molar-refractivity contribution >= 4 is 11.9 Å². The van der Waals surface area contributed by atoms with Crippen LogP contribution in [0.1, 0.15) is 58.8 Å². The van der Waals surface area contributed by atoms with Crippen molar-refractivity contribution in [3.63, 3.8) is 0 Å². The largest absolute Gasteiger partial charge is 0.550 e. The first-order valence-corrected chi connectivity index (χ1v) is 7.55. The van der Waals surface area contributed by atoms with E-state index in [9.17, 15) is 14.7 Å². The second-order valence-corrected chi connectivity index (χ2v) is 6.19. The highest BCUT2D eigenvalue weighted by Gasteiger charge is 2.38. The molecule has 0 spiro atoms. The molecule has 1 aliphatic carbocycles. The topological polar surface area (TPSA) is 60.4 Å². The van der Waals surface area contributed by atoms with Gasteiger partial charge in [-0.1, -0.05) is 12.8 Å². The van der Waals surface area contributed by atoms with Crippen LogP contribution in [0, 0.1) is 11.8 Å². The van der Waals surface area contributed by atoms with Gasteiger partial charge in [0.1, 0.15) is 0 Å². The molecule has 1 amide bonds. The first-order chi connectivity index (χ1) is 9.02. The predicted octanol–water partition coefficient (Wildman–Crippen LogP) is 1.33. The van der Waals surface area contributed by atoms with Crippen molar-refractivity contribution in [2.45, 2.75) is 70.9 Å². The number of piperidine rings is 1. The number of aliphatic carboxylic acids is 1. The van der Waals surface area contributed by atoms with E-state index >= 15 is 0 Å². The minimum Gasteiger partial charge on any atom is -0.550 e. The number of carboxylic acids is 1. The number of hydrogen-bond acceptors (Lipinski definition) is 3. The SMILES string of the molecule is C[C@H]1CCC[C@H](C)N1C(=O)[C@H]1CCCC[C@@H]1C(=O)[O-]. The van der Waals surface area contributed by atoms with Crippen molar-refractivity contribution in [3.8, 4) is 0 Å². The summed E-state index contributed by atoms with van der Waals surface area (Å²) in [5.74, 6) is -1.94. The lowest BCUT2D eigenvalue weighted by Crippen LogP contribution is -2.53. The summed E-state index contributed by atoms with van der Waals surface area (Å²) in [6.45, 7) is 4.15. The van der Waals surface area contributed by atoms with E-state index in [2.05, 4.69) is 13.8 Å². The lowest BCUT2D eigenvalue weighted by atomic mass is 9.77. The molecule has 1 saturated heterocycles. The Morgan fingerprint density at radius 1 is 0.895 bits per heavy atom. The van der Waals surface area contributed by atoms with Gasteiger partial charge in [-0.05, 0) is 46.0 Å². The van der Waals surface area contributed by atoms with Crippen molar-refractivity contribution in [2.24, 2.45) is 11.8 Å². The summed E-state index contributed by atoms with van der Waals surface area (Å²) in [5.41, 5.74) is 0. The van der Waals surface area contributed by atoms with Crippen LogP contribution < -0.4 is 5.11 Å². The van der Waals surface area contributed by atoms with Crippen LogP contribution in [0.4, 0.5) is 0 Å². The molecule has 0 aromatic rings. The van der Waals surface area contributed by atoms with Gasteiger partial charge < -0.3 is 14.8 Å². The molecule has 0 radical (unpaired) electrons. The fourth-order valence-corrected chi connectivity index (χ4v) is 3.76. The van der Waals surface area contributed by atoms with Gasteiger partial charge in [0.15, 0.2) is 0 Å². The van der Waals surface area contributed by atoms with Crippen molar-refractivity contribution < 1.29 is 14.7 Å². The van der Waals surface area contributed by atoms with Crippen molar-refractivity contribution in [2.75, 3.05) is 0 Å². The monoisotopic (exact) mass is 266 g/mol. The number of amides is 1. The van der Waals surface area contributed by atoms with Gasteiger partial charge in [0, 0.05) is 29.9 Å². The van der Waals surface area contributed by atoms with Crippen LogP contribution in [-0.2, 0) is 9.59 Å². The molecule has 0 unspecified atom stereocenters. The summed E-state index contributed by atoms with van der Waals surface area (Å²) in [4.78, 5) is 25.9. The van der Waals surface area contributed by atoms with Gasteiger partial charge in [0.05, 0.1) is 0 Å². The van der Waals surface area contributed by atoms with Crippen LogP contribution in [-0.4, -0.2) is 28.9 Å². The quantitative estimate of drug-likeness (QED) is 0.757. The van der Waals surface area contributed by atoms with Gasteiger partial charge in [-0.3, -0.25) is 4.79 Å². The maximum absolute atomic E-state index is 12.7. The Morgan fingerprint density at radius 2 is 1.42 bits per heavy atom. The molecule has 0 N–H and O–H groups in total. The molecule has 4 heteroatoms. The van der Waals surface area contributed by atoms with E-state index in [0.717, 1.165) is 32.1 Å². The van der Waals surface area contributed by atoms with Gasteiger partial charge >= 0.3 is 0 Å². The molecule has 1 aliphatic heterocycles. The summed E-state index contributed by atoms with van der Waals surface area (Å²) in [5, 5.41) is 11.2. The second kappa shape index (κ2) is 5.93. The average molecular weight is 266 g/mol. The first-order valence-electron chi connectivity index (χ1n) is 7.55. The Morgan fingerprint density at radius 3 is 1.95 bits per heavy atom. The third-order valence-corrected chi connectivity index (χ3v) is 4.83. The Kier molecular flexibility index (Phi) is 4.48. The van der Waals surface area contributed by atoms with Crippen molar-refractivity contribution in [3.05, 3.63) is 0 Å². The predicted molar refractivity (Wildman–Crippen MR) is 70.1 cm³/mol. The number of carboxylic acid groups (broad SMARTS) is 1.